The van der Waals surface area contributed by atoms with Crippen molar-refractivity contribution in [2.45, 2.75) is 37.5 Å². The number of rotatable bonds is 6. The number of aromatic nitrogens is 4. The molecule has 0 saturated heterocycles. The number of fused-ring (bicyclic) bond motifs is 4. The number of para-hydroxylation sites is 3. The van der Waals surface area contributed by atoms with Crippen molar-refractivity contribution < 1.29 is 24.5 Å². The maximum atomic E-state index is 6.32. The van der Waals surface area contributed by atoms with Crippen LogP contribution >= 0.6 is 0 Å². The van der Waals surface area contributed by atoms with Crippen LogP contribution in [-0.2, 0) is 26.5 Å². The van der Waals surface area contributed by atoms with Gasteiger partial charge in [-0.2, -0.15) is 0 Å². The van der Waals surface area contributed by atoms with Crippen LogP contribution in [0.25, 0.3) is 72.6 Å². The van der Waals surface area contributed by atoms with Gasteiger partial charge in [0.1, 0.15) is 0 Å². The summed E-state index contributed by atoms with van der Waals surface area (Å²) in [6.45, 7) is 4.20. The monoisotopic (exact) mass is 943 g/mol. The first-order chi connectivity index (χ1) is 25.8. The van der Waals surface area contributed by atoms with Gasteiger partial charge in [-0.15, -0.1) is 18.2 Å². The molecule has 0 unspecified atom stereocenters. The van der Waals surface area contributed by atoms with Crippen LogP contribution in [0.5, 0.6) is 0 Å². The van der Waals surface area contributed by atoms with E-state index in [4.69, 9.17) is 9.40 Å². The van der Waals surface area contributed by atoms with Crippen LogP contribution in [0.1, 0.15) is 18.2 Å². The van der Waals surface area contributed by atoms with E-state index in [0.717, 1.165) is 79.0 Å². The van der Waals surface area contributed by atoms with Gasteiger partial charge in [0.05, 0.1) is 22.4 Å². The molecule has 0 aliphatic carbocycles. The van der Waals surface area contributed by atoms with Gasteiger partial charge >= 0.3 is 113 Å². The minimum Gasteiger partial charge on any atom is -0.486 e. The maximum absolute atomic E-state index is 6.32. The molecule has 0 saturated carbocycles. The third-order valence-electron chi connectivity index (χ3n) is 9.62. The molecule has 0 N–H and O–H groups in total. The Bertz CT molecular complexity index is 2710. The second-order valence-electron chi connectivity index (χ2n) is 14.3. The Balaban J connectivity index is 0.000000201. The zero-order valence-corrected chi connectivity index (χ0v) is 35.5. The summed E-state index contributed by atoms with van der Waals surface area (Å²) in [5.74, 6) is 8.05. The van der Waals surface area contributed by atoms with E-state index in [0.29, 0.717) is 5.71 Å². The number of hydrogen-bond donors (Lipinski definition) is 0. The van der Waals surface area contributed by atoms with Crippen molar-refractivity contribution in [1.82, 2.24) is 19.5 Å². The van der Waals surface area contributed by atoms with Crippen molar-refractivity contribution in [1.29, 1.82) is 0 Å². The summed E-state index contributed by atoms with van der Waals surface area (Å²) < 4.78 is 10.1. The first-order valence-corrected chi connectivity index (χ1v) is 25.4. The molecule has 0 aliphatic rings. The molecule has 0 amide bonds. The molecule has 9 rings (SSSR count). The summed E-state index contributed by atoms with van der Waals surface area (Å²) in [6.07, 6.45) is 3.19. The number of hydrogen-bond acceptors (Lipinski definition) is 4. The fourth-order valence-electron chi connectivity index (χ4n) is 7.01. The molecule has 0 fully saturated rings. The normalized spacial score (nSPS) is 11.4. The third-order valence-corrected chi connectivity index (χ3v) is 14.0. The number of nitrogens with zero attached hydrogens (tertiary/aromatic N) is 4. The summed E-state index contributed by atoms with van der Waals surface area (Å²) in [4.78, 5) is 14.3. The smallest absolute Gasteiger partial charge is 0.216 e. The summed E-state index contributed by atoms with van der Waals surface area (Å²) in [6, 6.07) is 52.1. The standard InChI is InChI=1S/C31H20N3O.C16H20GeN.Ir/c1-20-18-19-24-23-13-9-14-25(29(23)35-31(24)32-20)30-33-26-15-6-8-17-28(26)34(30)27-16-7-5-12-22(27)21-10-3-2-4-11-21;1-5-13-11-16(14-9-7-6-8-10-14)18-12-15(13)17(2,3)4;/h2-13,15-19H,1H3;6-9,11-12H,5H2,1-4H3;/q2*-1;. The van der Waals surface area contributed by atoms with Gasteiger partial charge < -0.3 is 8.98 Å². The number of pyridine rings is 2. The van der Waals surface area contributed by atoms with Crippen molar-refractivity contribution in [3.05, 3.63) is 163 Å². The van der Waals surface area contributed by atoms with E-state index in [-0.39, 0.29) is 20.1 Å². The van der Waals surface area contributed by atoms with Crippen molar-refractivity contribution in [3.8, 4) is 39.5 Å². The largest absolute Gasteiger partial charge is 0.486 e. The van der Waals surface area contributed by atoms with Gasteiger partial charge in [0.15, 0.2) is 0 Å². The van der Waals surface area contributed by atoms with Crippen molar-refractivity contribution in [3.63, 3.8) is 0 Å². The van der Waals surface area contributed by atoms with Gasteiger partial charge in [-0.3, -0.25) is 4.98 Å². The van der Waals surface area contributed by atoms with Gasteiger partial charge in [-0.1, -0.05) is 71.6 Å². The number of aryl methyl sites for hydroxylation is 2. The molecule has 269 valence electrons. The van der Waals surface area contributed by atoms with Crippen LogP contribution in [0.15, 0.2) is 144 Å². The molecule has 5 aromatic carbocycles. The fourth-order valence-corrected chi connectivity index (χ4v) is 10.5. The SMILES string of the molecule is CCc1cc(-c2[c-]cccc2)nc[c]1[Ge]([CH3])([CH3])[CH3].Cc1ccc2c(n1)oc1c(-c3nc4ccccc4n3-c3ccccc3-c3ccccc3)[c-]ccc12.[Ir]. The Labute approximate surface area is 332 Å². The van der Waals surface area contributed by atoms with E-state index in [1.807, 2.05) is 67.6 Å². The molecular formula is C47H40GeIrN4O-2. The zero-order valence-electron chi connectivity index (χ0n) is 31.0. The number of furan rings is 1. The molecule has 5 nitrogen and oxygen atoms in total. The van der Waals surface area contributed by atoms with E-state index in [1.165, 1.54) is 9.96 Å². The zero-order chi connectivity index (χ0) is 36.5. The van der Waals surface area contributed by atoms with E-state index >= 15 is 0 Å². The molecule has 4 heterocycles. The predicted octanol–water partition coefficient (Wildman–Crippen LogP) is 11.4. The molecule has 4 aromatic heterocycles. The molecule has 1 radical (unpaired) electrons. The van der Waals surface area contributed by atoms with Gasteiger partial charge in [-0.05, 0) is 42.8 Å². The van der Waals surface area contributed by atoms with Crippen LogP contribution in [0.2, 0.25) is 17.3 Å². The average molecular weight is 942 g/mol. The molecular weight excluding hydrogens is 901 g/mol. The van der Waals surface area contributed by atoms with E-state index in [9.17, 15) is 0 Å². The first-order valence-electron chi connectivity index (χ1n) is 18.1. The first kappa shape index (κ1) is 37.2. The van der Waals surface area contributed by atoms with Crippen LogP contribution in [0, 0.1) is 19.1 Å². The molecule has 0 aliphatic heterocycles. The Morgan fingerprint density at radius 2 is 1.50 bits per heavy atom. The number of benzene rings is 5. The van der Waals surface area contributed by atoms with E-state index < -0.39 is 13.3 Å². The molecule has 9 aromatic rings. The Morgan fingerprint density at radius 3 is 2.28 bits per heavy atom. The second-order valence-corrected chi connectivity index (χ2v) is 24.8. The average Bonchev–Trinajstić information content (AvgIpc) is 3.76. The fraction of sp³-hybridized carbons (Fsp3) is 0.128. The van der Waals surface area contributed by atoms with Gasteiger partial charge in [0.2, 0.25) is 5.71 Å². The number of imidazole rings is 1. The van der Waals surface area contributed by atoms with Gasteiger partial charge in [0.25, 0.3) is 0 Å². The summed E-state index contributed by atoms with van der Waals surface area (Å²) in [5.41, 5.74) is 12.0. The Morgan fingerprint density at radius 1 is 0.741 bits per heavy atom. The molecule has 54 heavy (non-hydrogen) atoms. The molecule has 0 atom stereocenters. The van der Waals surface area contributed by atoms with E-state index in [2.05, 4.69) is 130 Å². The van der Waals surface area contributed by atoms with Crippen LogP contribution < -0.4 is 4.40 Å². The van der Waals surface area contributed by atoms with Crippen LogP contribution in [-0.4, -0.2) is 32.8 Å². The Kier molecular flexibility index (Phi) is 10.8. The van der Waals surface area contributed by atoms with Crippen molar-refractivity contribution in [2.75, 3.05) is 0 Å². The summed E-state index contributed by atoms with van der Waals surface area (Å²) >= 11 is -1.80. The summed E-state index contributed by atoms with van der Waals surface area (Å²) in [7, 11) is 0. The van der Waals surface area contributed by atoms with Gasteiger partial charge in [0, 0.05) is 42.4 Å². The van der Waals surface area contributed by atoms with Crippen LogP contribution in [0.4, 0.5) is 0 Å². The van der Waals surface area contributed by atoms with Crippen molar-refractivity contribution >= 4 is 50.8 Å². The third kappa shape index (κ3) is 7.22. The van der Waals surface area contributed by atoms with E-state index in [1.54, 1.807) is 0 Å². The maximum Gasteiger partial charge on any atom is 0.216 e. The quantitative estimate of drug-likeness (QED) is 0.123. The second kappa shape index (κ2) is 15.7. The van der Waals surface area contributed by atoms with Crippen LogP contribution in [0.3, 0.4) is 0 Å². The van der Waals surface area contributed by atoms with Gasteiger partial charge in [-0.25, -0.2) is 4.98 Å². The summed E-state index contributed by atoms with van der Waals surface area (Å²) in [5, 5.41) is 2.00. The Hall–Kier alpha value is -5.14. The van der Waals surface area contributed by atoms with Crippen molar-refractivity contribution in [2.24, 2.45) is 0 Å². The molecule has 0 spiro atoms. The topological polar surface area (TPSA) is 56.7 Å². The minimum absolute atomic E-state index is 0. The predicted molar refractivity (Wildman–Crippen MR) is 221 cm³/mol. The molecule has 7 heteroatoms. The molecule has 0 bridgehead atoms. The minimum atomic E-state index is -1.80.